The largest absolute Gasteiger partial charge is 0.491 e. The SMILES string of the molecule is CCOCCOc1cc(C)ccc1CNC(=NC)NCCN(CC)C(C)C.I. The number of ether oxygens (including phenoxy) is 2. The van der Waals surface area contributed by atoms with E-state index in [4.69, 9.17) is 9.47 Å². The molecule has 0 unspecified atom stereocenters. The van der Waals surface area contributed by atoms with Gasteiger partial charge in [0.05, 0.1) is 6.61 Å². The summed E-state index contributed by atoms with van der Waals surface area (Å²) in [5, 5.41) is 6.76. The highest BCUT2D eigenvalue weighted by atomic mass is 127. The Morgan fingerprint density at radius 2 is 1.93 bits per heavy atom. The summed E-state index contributed by atoms with van der Waals surface area (Å²) in [4.78, 5) is 6.74. The summed E-state index contributed by atoms with van der Waals surface area (Å²) in [7, 11) is 1.80. The van der Waals surface area contributed by atoms with Gasteiger partial charge in [0.1, 0.15) is 12.4 Å². The third kappa shape index (κ3) is 10.5. The lowest BCUT2D eigenvalue weighted by atomic mass is 10.1. The maximum atomic E-state index is 5.91. The molecule has 1 aromatic carbocycles. The standard InChI is InChI=1S/C21H38N4O2.HI/c1-7-25(17(3)4)12-11-23-21(22-6)24-16-19-10-9-18(5)15-20(19)27-14-13-26-8-2;/h9-10,15,17H,7-8,11-14,16H2,1-6H3,(H2,22,23,24);1H. The summed E-state index contributed by atoms with van der Waals surface area (Å²) < 4.78 is 11.3. The van der Waals surface area contributed by atoms with Gasteiger partial charge >= 0.3 is 0 Å². The molecule has 0 amide bonds. The van der Waals surface area contributed by atoms with E-state index >= 15 is 0 Å². The van der Waals surface area contributed by atoms with E-state index in [0.717, 1.165) is 36.9 Å². The molecule has 1 aromatic rings. The molecule has 0 aliphatic carbocycles. The average Bonchev–Trinajstić information content (AvgIpc) is 2.65. The Bertz CT molecular complexity index is 567. The van der Waals surface area contributed by atoms with Crippen LogP contribution in [0.25, 0.3) is 0 Å². The van der Waals surface area contributed by atoms with Crippen molar-refractivity contribution >= 4 is 29.9 Å². The summed E-state index contributed by atoms with van der Waals surface area (Å²) in [6.07, 6.45) is 0. The Labute approximate surface area is 188 Å². The van der Waals surface area contributed by atoms with Crippen LogP contribution in [-0.4, -0.2) is 63.4 Å². The number of hydrogen-bond donors (Lipinski definition) is 2. The van der Waals surface area contributed by atoms with E-state index in [2.05, 4.69) is 66.4 Å². The molecule has 1 rings (SSSR count). The summed E-state index contributed by atoms with van der Waals surface area (Å²) in [5.41, 5.74) is 2.29. The van der Waals surface area contributed by atoms with Gasteiger partial charge in [0, 0.05) is 44.9 Å². The number of nitrogens with zero attached hydrogens (tertiary/aromatic N) is 2. The van der Waals surface area contributed by atoms with E-state index in [0.29, 0.717) is 32.4 Å². The zero-order valence-electron chi connectivity index (χ0n) is 18.4. The molecule has 162 valence electrons. The Morgan fingerprint density at radius 3 is 2.54 bits per heavy atom. The number of guanidine groups is 1. The highest BCUT2D eigenvalue weighted by Gasteiger charge is 2.08. The first-order valence-corrected chi connectivity index (χ1v) is 10.00. The Balaban J connectivity index is 0.00000729. The lowest BCUT2D eigenvalue weighted by Crippen LogP contribution is -2.42. The van der Waals surface area contributed by atoms with Crippen LogP contribution in [-0.2, 0) is 11.3 Å². The zero-order chi connectivity index (χ0) is 20.1. The minimum Gasteiger partial charge on any atom is -0.491 e. The third-order valence-corrected chi connectivity index (χ3v) is 4.41. The second kappa shape index (κ2) is 15.8. The van der Waals surface area contributed by atoms with Gasteiger partial charge in [-0.2, -0.15) is 0 Å². The molecule has 0 aromatic heterocycles. The number of nitrogens with one attached hydrogen (secondary N) is 2. The molecule has 28 heavy (non-hydrogen) atoms. The maximum Gasteiger partial charge on any atom is 0.191 e. The summed E-state index contributed by atoms with van der Waals surface area (Å²) >= 11 is 0. The molecule has 0 saturated heterocycles. The molecular weight excluding hydrogens is 467 g/mol. The van der Waals surface area contributed by atoms with E-state index in [1.54, 1.807) is 7.05 Å². The van der Waals surface area contributed by atoms with Crippen LogP contribution in [0.15, 0.2) is 23.2 Å². The predicted molar refractivity (Wildman–Crippen MR) is 129 cm³/mol. The van der Waals surface area contributed by atoms with E-state index in [-0.39, 0.29) is 24.0 Å². The molecule has 0 saturated carbocycles. The summed E-state index contributed by atoms with van der Waals surface area (Å²) in [5.74, 6) is 1.70. The number of aryl methyl sites for hydroxylation is 1. The monoisotopic (exact) mass is 506 g/mol. The van der Waals surface area contributed by atoms with Gasteiger partial charge in [-0.3, -0.25) is 9.89 Å². The number of aliphatic imine (C=N–C) groups is 1. The van der Waals surface area contributed by atoms with Gasteiger partial charge in [-0.15, -0.1) is 24.0 Å². The van der Waals surface area contributed by atoms with Gasteiger partial charge in [0.2, 0.25) is 0 Å². The van der Waals surface area contributed by atoms with Gasteiger partial charge in [0.25, 0.3) is 0 Å². The zero-order valence-corrected chi connectivity index (χ0v) is 20.7. The lowest BCUT2D eigenvalue weighted by Gasteiger charge is -2.25. The fourth-order valence-corrected chi connectivity index (χ4v) is 2.80. The molecule has 0 bridgehead atoms. The van der Waals surface area contributed by atoms with E-state index in [1.165, 1.54) is 5.56 Å². The van der Waals surface area contributed by atoms with Crippen molar-refractivity contribution in [3.8, 4) is 5.75 Å². The molecule has 0 radical (unpaired) electrons. The van der Waals surface area contributed by atoms with Crippen molar-refractivity contribution in [3.63, 3.8) is 0 Å². The van der Waals surface area contributed by atoms with E-state index in [9.17, 15) is 0 Å². The highest BCUT2D eigenvalue weighted by Crippen LogP contribution is 2.20. The molecule has 0 fully saturated rings. The van der Waals surface area contributed by atoms with Crippen LogP contribution in [0.2, 0.25) is 0 Å². The number of halogens is 1. The number of hydrogen-bond acceptors (Lipinski definition) is 4. The van der Waals surface area contributed by atoms with Gasteiger partial charge < -0.3 is 20.1 Å². The Hall–Kier alpha value is -1.06. The van der Waals surface area contributed by atoms with Crippen molar-refractivity contribution in [1.29, 1.82) is 0 Å². The smallest absolute Gasteiger partial charge is 0.191 e. The van der Waals surface area contributed by atoms with Crippen molar-refractivity contribution in [1.82, 2.24) is 15.5 Å². The summed E-state index contributed by atoms with van der Waals surface area (Å²) in [6, 6.07) is 6.82. The van der Waals surface area contributed by atoms with Crippen molar-refractivity contribution in [2.45, 2.75) is 47.2 Å². The quantitative estimate of drug-likeness (QED) is 0.197. The minimum atomic E-state index is 0. The molecule has 7 heteroatoms. The first-order chi connectivity index (χ1) is 13.0. The van der Waals surface area contributed by atoms with Crippen LogP contribution in [0.4, 0.5) is 0 Å². The van der Waals surface area contributed by atoms with Crippen molar-refractivity contribution in [2.75, 3.05) is 46.5 Å². The molecular formula is C21H39IN4O2. The van der Waals surface area contributed by atoms with Crippen LogP contribution >= 0.6 is 24.0 Å². The van der Waals surface area contributed by atoms with E-state index < -0.39 is 0 Å². The number of benzene rings is 1. The second-order valence-electron chi connectivity index (χ2n) is 6.73. The van der Waals surface area contributed by atoms with Crippen LogP contribution in [0.1, 0.15) is 38.8 Å². The van der Waals surface area contributed by atoms with Gasteiger partial charge in [-0.05, 0) is 45.9 Å². The highest BCUT2D eigenvalue weighted by molar-refractivity contribution is 14.0. The molecule has 2 N–H and O–H groups in total. The maximum absolute atomic E-state index is 5.91. The van der Waals surface area contributed by atoms with Crippen molar-refractivity contribution in [3.05, 3.63) is 29.3 Å². The third-order valence-electron chi connectivity index (χ3n) is 4.41. The number of rotatable bonds is 12. The first-order valence-electron chi connectivity index (χ1n) is 10.00. The van der Waals surface area contributed by atoms with Crippen LogP contribution in [0.5, 0.6) is 5.75 Å². The molecule has 0 aliphatic heterocycles. The first kappa shape index (κ1) is 26.9. The molecule has 0 aliphatic rings. The van der Waals surface area contributed by atoms with Crippen LogP contribution in [0.3, 0.4) is 0 Å². The molecule has 0 atom stereocenters. The Morgan fingerprint density at radius 1 is 1.18 bits per heavy atom. The molecule has 0 heterocycles. The Kier molecular flexibility index (Phi) is 15.2. The topological polar surface area (TPSA) is 58.1 Å². The molecule has 6 nitrogen and oxygen atoms in total. The summed E-state index contributed by atoms with van der Waals surface area (Å²) in [6.45, 7) is 16.1. The van der Waals surface area contributed by atoms with Crippen molar-refractivity contribution in [2.24, 2.45) is 4.99 Å². The van der Waals surface area contributed by atoms with Gasteiger partial charge in [0.15, 0.2) is 5.96 Å². The predicted octanol–water partition coefficient (Wildman–Crippen LogP) is 3.42. The van der Waals surface area contributed by atoms with Crippen LogP contribution < -0.4 is 15.4 Å². The minimum absolute atomic E-state index is 0. The van der Waals surface area contributed by atoms with Gasteiger partial charge in [-0.1, -0.05) is 19.1 Å². The normalized spacial score (nSPS) is 11.5. The fourth-order valence-electron chi connectivity index (χ4n) is 2.80. The second-order valence-corrected chi connectivity index (χ2v) is 6.73. The van der Waals surface area contributed by atoms with Crippen LogP contribution in [0, 0.1) is 6.92 Å². The molecule has 0 spiro atoms. The number of likely N-dealkylation sites (N-methyl/N-ethyl adjacent to an activating group) is 1. The van der Waals surface area contributed by atoms with Crippen molar-refractivity contribution < 1.29 is 9.47 Å². The van der Waals surface area contributed by atoms with Gasteiger partial charge in [-0.25, -0.2) is 0 Å². The lowest BCUT2D eigenvalue weighted by molar-refractivity contribution is 0.110. The van der Waals surface area contributed by atoms with E-state index in [1.807, 2.05) is 6.92 Å². The fraction of sp³-hybridized carbons (Fsp3) is 0.667. The average molecular weight is 506 g/mol.